The van der Waals surface area contributed by atoms with E-state index < -0.39 is 29.0 Å². The molecular weight excluding hydrogens is 283 g/mol. The average molecular weight is 294 g/mol. The molecule has 0 radical (unpaired) electrons. The molecule has 0 saturated heterocycles. The van der Waals surface area contributed by atoms with Crippen LogP contribution in [0.25, 0.3) is 0 Å². The molecule has 1 aromatic rings. The van der Waals surface area contributed by atoms with Crippen LogP contribution in [0.15, 0.2) is 24.3 Å². The summed E-state index contributed by atoms with van der Waals surface area (Å²) in [4.78, 5) is 10.9. The number of halogens is 5. The van der Waals surface area contributed by atoms with Gasteiger partial charge in [-0.25, -0.2) is 4.79 Å². The standard InChI is InChI=1S/C13H11F5O2/c1-20-10(19)12(14,15)9-4-2-8(3-5-9)11(6-7-11)13(16,17)18/h2-5H,6-7H2,1H3. The molecule has 0 N–H and O–H groups in total. The van der Waals surface area contributed by atoms with Gasteiger partial charge in [0, 0.05) is 5.56 Å². The van der Waals surface area contributed by atoms with E-state index in [1.54, 1.807) is 0 Å². The molecule has 20 heavy (non-hydrogen) atoms. The Kier molecular flexibility index (Phi) is 3.26. The Labute approximate surface area is 111 Å². The lowest BCUT2D eigenvalue weighted by molar-refractivity contribution is -0.170. The maximum absolute atomic E-state index is 13.5. The van der Waals surface area contributed by atoms with Gasteiger partial charge in [-0.3, -0.25) is 0 Å². The summed E-state index contributed by atoms with van der Waals surface area (Å²) in [6.07, 6.45) is -4.51. The minimum Gasteiger partial charge on any atom is -0.464 e. The predicted molar refractivity (Wildman–Crippen MR) is 59.3 cm³/mol. The van der Waals surface area contributed by atoms with Crippen molar-refractivity contribution in [2.45, 2.75) is 30.4 Å². The van der Waals surface area contributed by atoms with E-state index in [1.165, 1.54) is 0 Å². The molecule has 2 nitrogen and oxygen atoms in total. The van der Waals surface area contributed by atoms with Gasteiger partial charge in [0.2, 0.25) is 0 Å². The SMILES string of the molecule is COC(=O)C(F)(F)c1ccc(C2(C(F)(F)F)CC2)cc1. The molecule has 0 amide bonds. The first kappa shape index (κ1) is 14.7. The van der Waals surface area contributed by atoms with Crippen LogP contribution in [0.3, 0.4) is 0 Å². The quantitative estimate of drug-likeness (QED) is 0.629. The fraction of sp³-hybridized carbons (Fsp3) is 0.462. The van der Waals surface area contributed by atoms with Crippen LogP contribution in [0.4, 0.5) is 22.0 Å². The van der Waals surface area contributed by atoms with Crippen molar-refractivity contribution >= 4 is 5.97 Å². The molecule has 0 unspecified atom stereocenters. The molecule has 0 heterocycles. The number of rotatable bonds is 3. The molecule has 1 aliphatic rings. The van der Waals surface area contributed by atoms with Gasteiger partial charge in [-0.1, -0.05) is 24.3 Å². The Morgan fingerprint density at radius 3 is 1.95 bits per heavy atom. The molecule has 7 heteroatoms. The number of benzene rings is 1. The second-order valence-corrected chi connectivity index (χ2v) is 4.72. The van der Waals surface area contributed by atoms with Crippen LogP contribution in [0, 0.1) is 0 Å². The molecule has 1 fully saturated rings. The van der Waals surface area contributed by atoms with Crippen LogP contribution in [0.2, 0.25) is 0 Å². The van der Waals surface area contributed by atoms with E-state index in [2.05, 4.69) is 4.74 Å². The lowest BCUT2D eigenvalue weighted by Crippen LogP contribution is -2.29. The minimum absolute atomic E-state index is 0.0523. The summed E-state index contributed by atoms with van der Waals surface area (Å²) < 4.78 is 69.7. The predicted octanol–water partition coefficient (Wildman–Crippen LogP) is 3.55. The molecule has 0 bridgehead atoms. The summed E-state index contributed by atoms with van der Waals surface area (Å²) in [7, 11) is 0.813. The molecule has 1 aromatic carbocycles. The first-order valence-corrected chi connectivity index (χ1v) is 5.79. The molecule has 2 rings (SSSR count). The lowest BCUT2D eigenvalue weighted by Gasteiger charge is -2.20. The van der Waals surface area contributed by atoms with Crippen molar-refractivity contribution in [1.82, 2.24) is 0 Å². The normalized spacial score (nSPS) is 17.7. The van der Waals surface area contributed by atoms with Crippen LogP contribution in [-0.4, -0.2) is 19.3 Å². The van der Waals surface area contributed by atoms with Crippen LogP contribution >= 0.6 is 0 Å². The number of carbonyl (C=O) groups excluding carboxylic acids is 1. The van der Waals surface area contributed by atoms with Gasteiger partial charge < -0.3 is 4.74 Å². The molecule has 0 aliphatic heterocycles. The second kappa shape index (κ2) is 4.43. The van der Waals surface area contributed by atoms with Crippen molar-refractivity contribution in [2.75, 3.05) is 7.11 Å². The van der Waals surface area contributed by atoms with E-state index in [0.29, 0.717) is 0 Å². The highest BCUT2D eigenvalue weighted by molar-refractivity contribution is 5.79. The van der Waals surface area contributed by atoms with Gasteiger partial charge in [-0.2, -0.15) is 22.0 Å². The Balaban J connectivity index is 2.31. The number of alkyl halides is 5. The Morgan fingerprint density at radius 2 is 1.60 bits per heavy atom. The zero-order valence-corrected chi connectivity index (χ0v) is 10.4. The third-order valence-corrected chi connectivity index (χ3v) is 3.53. The number of carbonyl (C=O) groups is 1. The highest BCUT2D eigenvalue weighted by atomic mass is 19.4. The first-order chi connectivity index (χ1) is 9.15. The average Bonchev–Trinajstić information content (AvgIpc) is 3.18. The largest absolute Gasteiger partial charge is 0.464 e. The first-order valence-electron chi connectivity index (χ1n) is 5.79. The van der Waals surface area contributed by atoms with Crippen LogP contribution in [-0.2, 0) is 20.9 Å². The number of esters is 1. The van der Waals surface area contributed by atoms with Crippen LogP contribution < -0.4 is 0 Å². The maximum atomic E-state index is 13.5. The summed E-state index contributed by atoms with van der Waals surface area (Å²) in [5.41, 5.74) is -2.67. The molecule has 0 aromatic heterocycles. The molecule has 1 aliphatic carbocycles. The summed E-state index contributed by atoms with van der Waals surface area (Å²) in [6, 6.07) is 3.65. The van der Waals surface area contributed by atoms with Crippen molar-refractivity contribution in [3.05, 3.63) is 35.4 Å². The monoisotopic (exact) mass is 294 g/mol. The second-order valence-electron chi connectivity index (χ2n) is 4.72. The molecule has 0 atom stereocenters. The molecule has 0 spiro atoms. The van der Waals surface area contributed by atoms with Gasteiger partial charge >= 0.3 is 18.1 Å². The van der Waals surface area contributed by atoms with Crippen LogP contribution in [0.1, 0.15) is 24.0 Å². The summed E-state index contributed by atoms with van der Waals surface area (Å²) in [5.74, 6) is -5.62. The summed E-state index contributed by atoms with van der Waals surface area (Å²) in [6.45, 7) is 0. The maximum Gasteiger partial charge on any atom is 0.398 e. The molecule has 1 saturated carbocycles. The topological polar surface area (TPSA) is 26.3 Å². The fourth-order valence-electron chi connectivity index (χ4n) is 2.11. The number of hydrogen-bond acceptors (Lipinski definition) is 2. The Morgan fingerprint density at radius 1 is 1.10 bits per heavy atom. The summed E-state index contributed by atoms with van der Waals surface area (Å²) >= 11 is 0. The Bertz CT molecular complexity index is 515. The van der Waals surface area contributed by atoms with Crippen molar-refractivity contribution in [2.24, 2.45) is 0 Å². The number of methoxy groups -OCH3 is 1. The van der Waals surface area contributed by atoms with Crippen molar-refractivity contribution in [3.8, 4) is 0 Å². The van der Waals surface area contributed by atoms with E-state index in [0.717, 1.165) is 31.4 Å². The summed E-state index contributed by atoms with van der Waals surface area (Å²) in [5, 5.41) is 0. The van der Waals surface area contributed by atoms with Gasteiger partial charge in [0.1, 0.15) is 0 Å². The lowest BCUT2D eigenvalue weighted by atomic mass is 9.93. The van der Waals surface area contributed by atoms with E-state index in [-0.39, 0.29) is 18.4 Å². The number of ether oxygens (including phenoxy) is 1. The smallest absolute Gasteiger partial charge is 0.398 e. The molecular formula is C13H11F5O2. The zero-order chi connectivity index (χ0) is 15.2. The molecule has 110 valence electrons. The van der Waals surface area contributed by atoms with E-state index in [9.17, 15) is 26.7 Å². The van der Waals surface area contributed by atoms with Crippen LogP contribution in [0.5, 0.6) is 0 Å². The van der Waals surface area contributed by atoms with Gasteiger partial charge in [0.05, 0.1) is 12.5 Å². The van der Waals surface area contributed by atoms with E-state index in [1.807, 2.05) is 0 Å². The third-order valence-electron chi connectivity index (χ3n) is 3.53. The highest BCUT2D eigenvalue weighted by Crippen LogP contribution is 2.58. The van der Waals surface area contributed by atoms with Crippen molar-refractivity contribution < 1.29 is 31.5 Å². The van der Waals surface area contributed by atoms with Gasteiger partial charge in [0.25, 0.3) is 0 Å². The van der Waals surface area contributed by atoms with E-state index in [4.69, 9.17) is 0 Å². The highest BCUT2D eigenvalue weighted by Gasteiger charge is 2.64. The van der Waals surface area contributed by atoms with Crippen molar-refractivity contribution in [1.29, 1.82) is 0 Å². The zero-order valence-electron chi connectivity index (χ0n) is 10.4. The Hall–Kier alpha value is -1.66. The van der Waals surface area contributed by atoms with Crippen molar-refractivity contribution in [3.63, 3.8) is 0 Å². The van der Waals surface area contributed by atoms with Gasteiger partial charge in [0.15, 0.2) is 0 Å². The van der Waals surface area contributed by atoms with Gasteiger partial charge in [-0.05, 0) is 18.4 Å². The van der Waals surface area contributed by atoms with Gasteiger partial charge in [-0.15, -0.1) is 0 Å². The fourth-order valence-corrected chi connectivity index (χ4v) is 2.11. The van der Waals surface area contributed by atoms with E-state index >= 15 is 0 Å². The number of hydrogen-bond donors (Lipinski definition) is 0. The third kappa shape index (κ3) is 2.14. The minimum atomic E-state index is -4.40.